The van der Waals surface area contributed by atoms with Gasteiger partial charge in [0.15, 0.2) is 0 Å². The highest BCUT2D eigenvalue weighted by Crippen LogP contribution is 2.26. The van der Waals surface area contributed by atoms with Crippen molar-refractivity contribution in [2.45, 2.75) is 31.4 Å². The third kappa shape index (κ3) is 3.07. The first-order chi connectivity index (χ1) is 10.6. The minimum Gasteiger partial charge on any atom is -0.507 e. The second-order valence-corrected chi connectivity index (χ2v) is 6.54. The average molecular weight is 325 g/mol. The molecule has 2 heterocycles. The van der Waals surface area contributed by atoms with Gasteiger partial charge in [-0.25, -0.2) is 0 Å². The normalized spacial score (nSPS) is 26.4. The fraction of sp³-hybridized carbons (Fsp3) is 0.562. The predicted octanol–water partition coefficient (Wildman–Crippen LogP) is 1.72. The molecule has 0 aliphatic carbocycles. The van der Waals surface area contributed by atoms with Crippen LogP contribution in [0.4, 0.5) is 0 Å². The molecule has 2 N–H and O–H groups in total. The summed E-state index contributed by atoms with van der Waals surface area (Å²) in [6.45, 7) is 2.77. The number of carbonyl (C=O) groups excluding carboxylic acids is 1. The van der Waals surface area contributed by atoms with Gasteiger partial charge < -0.3 is 15.1 Å². The number of hydrogen-bond donors (Lipinski definition) is 2. The monoisotopic (exact) mass is 324 g/mol. The predicted molar refractivity (Wildman–Crippen MR) is 84.2 cm³/mol. The van der Waals surface area contributed by atoms with Crippen LogP contribution in [0.1, 0.15) is 29.6 Å². The number of aromatic hydroxyl groups is 1. The van der Waals surface area contributed by atoms with E-state index in [-0.39, 0.29) is 23.3 Å². The number of amides is 1. The van der Waals surface area contributed by atoms with E-state index >= 15 is 0 Å². The summed E-state index contributed by atoms with van der Waals surface area (Å²) in [7, 11) is 0. The molecule has 0 aromatic heterocycles. The summed E-state index contributed by atoms with van der Waals surface area (Å²) in [5.41, 5.74) is 0.232. The molecule has 0 saturated carbocycles. The van der Waals surface area contributed by atoms with Gasteiger partial charge in [-0.15, -0.1) is 0 Å². The molecular formula is C16H21ClN2O3. The number of carbonyl (C=O) groups is 1. The minimum absolute atomic E-state index is 0.00121. The molecule has 120 valence electrons. The first-order valence-electron chi connectivity index (χ1n) is 7.76. The molecule has 0 spiro atoms. The lowest BCUT2D eigenvalue weighted by atomic mass is 10.1. The van der Waals surface area contributed by atoms with Gasteiger partial charge in [0.1, 0.15) is 5.75 Å². The number of β-amino-alcohol motifs (C(OH)–C–C–N with tert-alkyl or cyclic N) is 1. The maximum atomic E-state index is 12.5. The van der Waals surface area contributed by atoms with E-state index in [2.05, 4.69) is 4.90 Å². The Balaban J connectivity index is 1.71. The zero-order valence-electron chi connectivity index (χ0n) is 12.4. The van der Waals surface area contributed by atoms with E-state index in [4.69, 9.17) is 11.6 Å². The number of hydrogen-bond acceptors (Lipinski definition) is 4. The van der Waals surface area contributed by atoms with Gasteiger partial charge in [0, 0.05) is 18.1 Å². The quantitative estimate of drug-likeness (QED) is 0.869. The zero-order valence-corrected chi connectivity index (χ0v) is 13.2. The Labute approximate surface area is 135 Å². The van der Waals surface area contributed by atoms with Crippen LogP contribution < -0.4 is 0 Å². The zero-order chi connectivity index (χ0) is 15.7. The van der Waals surface area contributed by atoms with Gasteiger partial charge in [0.05, 0.1) is 17.7 Å². The smallest absolute Gasteiger partial charge is 0.257 e. The highest BCUT2D eigenvalue weighted by Gasteiger charge is 2.38. The molecule has 1 aromatic rings. The van der Waals surface area contributed by atoms with E-state index < -0.39 is 6.10 Å². The highest BCUT2D eigenvalue weighted by atomic mass is 35.5. The van der Waals surface area contributed by atoms with Crippen LogP contribution in [0.5, 0.6) is 5.75 Å². The molecule has 5 nitrogen and oxygen atoms in total. The third-order valence-electron chi connectivity index (χ3n) is 4.60. The molecular weight excluding hydrogens is 304 g/mol. The van der Waals surface area contributed by atoms with Gasteiger partial charge in [-0.3, -0.25) is 9.69 Å². The van der Waals surface area contributed by atoms with E-state index in [0.717, 1.165) is 25.9 Å². The van der Waals surface area contributed by atoms with Crippen molar-refractivity contribution in [3.8, 4) is 5.75 Å². The molecule has 22 heavy (non-hydrogen) atoms. The number of nitrogens with zero attached hydrogens (tertiary/aromatic N) is 2. The lowest BCUT2D eigenvalue weighted by Gasteiger charge is -2.33. The molecule has 2 fully saturated rings. The summed E-state index contributed by atoms with van der Waals surface area (Å²) in [5, 5.41) is 20.6. The Kier molecular flexibility index (Phi) is 4.57. The number of phenolic OH excluding ortho intramolecular Hbond substituents is 1. The van der Waals surface area contributed by atoms with Crippen LogP contribution in [0.2, 0.25) is 5.02 Å². The average Bonchev–Trinajstić information content (AvgIpc) is 2.89. The molecule has 6 heteroatoms. The lowest BCUT2D eigenvalue weighted by Crippen LogP contribution is -2.46. The van der Waals surface area contributed by atoms with Gasteiger partial charge in [0.25, 0.3) is 5.91 Å². The van der Waals surface area contributed by atoms with Gasteiger partial charge >= 0.3 is 0 Å². The van der Waals surface area contributed by atoms with E-state index in [0.29, 0.717) is 18.1 Å². The molecule has 2 aliphatic heterocycles. The second-order valence-electron chi connectivity index (χ2n) is 6.10. The van der Waals surface area contributed by atoms with Crippen LogP contribution in [0.15, 0.2) is 18.2 Å². The van der Waals surface area contributed by atoms with Crippen LogP contribution >= 0.6 is 11.6 Å². The van der Waals surface area contributed by atoms with Crippen LogP contribution in [-0.2, 0) is 0 Å². The molecule has 2 aliphatic rings. The van der Waals surface area contributed by atoms with Crippen LogP contribution in [0.25, 0.3) is 0 Å². The number of phenols is 1. The lowest BCUT2D eigenvalue weighted by molar-refractivity contribution is 0.0702. The minimum atomic E-state index is -0.531. The molecule has 1 amide bonds. The fourth-order valence-electron chi connectivity index (χ4n) is 3.40. The van der Waals surface area contributed by atoms with Crippen molar-refractivity contribution in [2.75, 3.05) is 26.2 Å². The summed E-state index contributed by atoms with van der Waals surface area (Å²) in [6.07, 6.45) is 3.00. The van der Waals surface area contributed by atoms with Crippen molar-refractivity contribution in [3.05, 3.63) is 28.8 Å². The maximum Gasteiger partial charge on any atom is 0.257 e. The summed E-state index contributed by atoms with van der Waals surface area (Å²) in [4.78, 5) is 16.4. The van der Waals surface area contributed by atoms with Crippen molar-refractivity contribution >= 4 is 17.5 Å². The van der Waals surface area contributed by atoms with Crippen LogP contribution in [0.3, 0.4) is 0 Å². The molecule has 2 saturated heterocycles. The molecule has 2 atom stereocenters. The van der Waals surface area contributed by atoms with Gasteiger partial charge in [-0.1, -0.05) is 18.0 Å². The number of halogens is 1. The molecule has 3 rings (SSSR count). The van der Waals surface area contributed by atoms with Crippen molar-refractivity contribution in [1.82, 2.24) is 9.80 Å². The summed E-state index contributed by atoms with van der Waals surface area (Å²) in [5.74, 6) is -0.374. The van der Waals surface area contributed by atoms with Crippen molar-refractivity contribution in [3.63, 3.8) is 0 Å². The molecule has 0 bridgehead atoms. The van der Waals surface area contributed by atoms with Gasteiger partial charge in [-0.05, 0) is 44.1 Å². The summed E-state index contributed by atoms with van der Waals surface area (Å²) in [6, 6.07) is 4.48. The van der Waals surface area contributed by atoms with Gasteiger partial charge in [0.2, 0.25) is 0 Å². The Hall–Kier alpha value is -1.30. The van der Waals surface area contributed by atoms with E-state index in [1.54, 1.807) is 11.0 Å². The Bertz CT molecular complexity index is 560. The van der Waals surface area contributed by atoms with Crippen LogP contribution in [-0.4, -0.2) is 64.2 Å². The SMILES string of the molecule is O=C(c1ccc(Cl)cc1O)N1C[C@H](O)[C@@H](N2CCCCC2)C1. The highest BCUT2D eigenvalue weighted by molar-refractivity contribution is 6.30. The van der Waals surface area contributed by atoms with Crippen molar-refractivity contribution in [1.29, 1.82) is 0 Å². The summed E-state index contributed by atoms with van der Waals surface area (Å²) < 4.78 is 0. The largest absolute Gasteiger partial charge is 0.507 e. The van der Waals surface area contributed by atoms with E-state index in [9.17, 15) is 15.0 Å². The Morgan fingerprint density at radius 2 is 1.91 bits per heavy atom. The number of likely N-dealkylation sites (tertiary alicyclic amines) is 2. The Morgan fingerprint density at radius 1 is 1.18 bits per heavy atom. The topological polar surface area (TPSA) is 64.0 Å². The third-order valence-corrected chi connectivity index (χ3v) is 4.83. The number of aliphatic hydroxyl groups excluding tert-OH is 1. The standard InChI is InChI=1S/C16H21ClN2O3/c17-11-4-5-12(14(20)8-11)16(22)19-9-13(15(21)10-19)18-6-2-1-3-7-18/h4-5,8,13,15,20-21H,1-3,6-7,9-10H2/t13-,15-/m0/s1. The van der Waals surface area contributed by atoms with Crippen molar-refractivity contribution < 1.29 is 15.0 Å². The summed E-state index contributed by atoms with van der Waals surface area (Å²) >= 11 is 5.80. The van der Waals surface area contributed by atoms with E-state index in [1.165, 1.54) is 18.6 Å². The number of benzene rings is 1. The van der Waals surface area contributed by atoms with Crippen molar-refractivity contribution in [2.24, 2.45) is 0 Å². The second kappa shape index (κ2) is 6.44. The fourth-order valence-corrected chi connectivity index (χ4v) is 3.57. The van der Waals surface area contributed by atoms with Crippen LogP contribution in [0, 0.1) is 0 Å². The molecule has 1 aromatic carbocycles. The number of piperidine rings is 1. The number of rotatable bonds is 2. The number of aliphatic hydroxyl groups is 1. The first kappa shape index (κ1) is 15.6. The Morgan fingerprint density at radius 3 is 2.59 bits per heavy atom. The van der Waals surface area contributed by atoms with E-state index in [1.807, 2.05) is 0 Å². The molecule has 0 radical (unpaired) electrons. The first-order valence-corrected chi connectivity index (χ1v) is 8.14. The molecule has 0 unspecified atom stereocenters. The maximum absolute atomic E-state index is 12.5. The van der Waals surface area contributed by atoms with Gasteiger partial charge in [-0.2, -0.15) is 0 Å².